The Morgan fingerprint density at radius 3 is 1.62 bits per heavy atom. The SMILES string of the molecule is [O]=[Ru+].[c-]1ccccc1. The molecule has 1 nitrogen and oxygen atoms in total. The van der Waals surface area contributed by atoms with Crippen molar-refractivity contribution in [2.24, 2.45) is 0 Å². The first kappa shape index (κ1) is 7.64. The molecule has 0 saturated heterocycles. The van der Waals surface area contributed by atoms with Crippen molar-refractivity contribution in [1.29, 1.82) is 0 Å². The van der Waals surface area contributed by atoms with Crippen LogP contribution in [0.2, 0.25) is 0 Å². The van der Waals surface area contributed by atoms with Gasteiger partial charge in [-0.3, -0.25) is 0 Å². The molecule has 0 radical (unpaired) electrons. The largest absolute Gasteiger partial charge is 0.184 e. The summed E-state index contributed by atoms with van der Waals surface area (Å²) >= 11 is 1.10. The van der Waals surface area contributed by atoms with Crippen LogP contribution in [0, 0.1) is 6.07 Å². The van der Waals surface area contributed by atoms with Gasteiger partial charge in [-0.25, -0.2) is 0 Å². The summed E-state index contributed by atoms with van der Waals surface area (Å²) in [6, 6.07) is 12.5. The molecule has 0 amide bonds. The molecular formula is C6H5ORu. The summed E-state index contributed by atoms with van der Waals surface area (Å²) in [5.74, 6) is 0. The smallest absolute Gasteiger partial charge is 0.171 e. The van der Waals surface area contributed by atoms with E-state index in [9.17, 15) is 0 Å². The monoisotopic (exact) mass is 195 g/mol. The average molecular weight is 194 g/mol. The van der Waals surface area contributed by atoms with E-state index in [4.69, 9.17) is 3.57 Å². The van der Waals surface area contributed by atoms with Crippen molar-refractivity contribution in [3.63, 3.8) is 0 Å². The fourth-order valence-corrected chi connectivity index (χ4v) is 0.342. The molecule has 0 saturated carbocycles. The Morgan fingerprint density at radius 1 is 1.00 bits per heavy atom. The standard InChI is InChI=1S/C6H5.O.Ru/c1-2-4-6-5-3-1;;/h1-5H;;/q-1;;+1. The average Bonchev–Trinajstić information content (AvgIpc) is 1.96. The maximum Gasteiger partial charge on any atom is -0.171 e. The number of benzene rings is 1. The fraction of sp³-hybridized carbons (Fsp3) is 0. The van der Waals surface area contributed by atoms with Crippen LogP contribution in [0.1, 0.15) is 0 Å². The van der Waals surface area contributed by atoms with Gasteiger partial charge in [0.2, 0.25) is 0 Å². The number of rotatable bonds is 0. The van der Waals surface area contributed by atoms with E-state index in [0.29, 0.717) is 0 Å². The van der Waals surface area contributed by atoms with Gasteiger partial charge in [0.1, 0.15) is 0 Å². The van der Waals surface area contributed by atoms with Crippen molar-refractivity contribution in [2.45, 2.75) is 0 Å². The van der Waals surface area contributed by atoms with Gasteiger partial charge in [0.05, 0.1) is 0 Å². The molecule has 0 spiro atoms. The second-order valence-electron chi connectivity index (χ2n) is 1.08. The molecule has 0 aliphatic rings. The number of hydrogen-bond donors (Lipinski definition) is 0. The van der Waals surface area contributed by atoms with Gasteiger partial charge in [0, 0.05) is 0 Å². The van der Waals surface area contributed by atoms with Gasteiger partial charge in [-0.15, -0.1) is 0 Å². The zero-order chi connectivity index (χ0) is 6.24. The summed E-state index contributed by atoms with van der Waals surface area (Å²) < 4.78 is 8.18. The molecule has 0 aromatic heterocycles. The first-order valence-corrected chi connectivity index (χ1v) is 2.76. The molecule has 0 N–H and O–H groups in total. The summed E-state index contributed by atoms with van der Waals surface area (Å²) in [5, 5.41) is 0. The summed E-state index contributed by atoms with van der Waals surface area (Å²) in [5.41, 5.74) is 0. The second-order valence-corrected chi connectivity index (χ2v) is 1.08. The second kappa shape index (κ2) is 6.64. The molecule has 0 aliphatic carbocycles. The van der Waals surface area contributed by atoms with Gasteiger partial charge in [-0.1, -0.05) is 0 Å². The van der Waals surface area contributed by atoms with E-state index in [0.717, 1.165) is 18.3 Å². The van der Waals surface area contributed by atoms with E-state index < -0.39 is 0 Å². The van der Waals surface area contributed by atoms with Crippen LogP contribution >= 0.6 is 0 Å². The minimum absolute atomic E-state index is 1.10. The van der Waals surface area contributed by atoms with E-state index in [-0.39, 0.29) is 0 Å². The van der Waals surface area contributed by atoms with E-state index >= 15 is 0 Å². The molecule has 0 fully saturated rings. The Balaban J connectivity index is 0.000000222. The Labute approximate surface area is 58.7 Å². The summed E-state index contributed by atoms with van der Waals surface area (Å²) in [7, 11) is 0. The van der Waals surface area contributed by atoms with Crippen molar-refractivity contribution in [3.8, 4) is 0 Å². The Hall–Kier alpha value is -0.357. The minimum atomic E-state index is 1.10. The zero-order valence-electron chi connectivity index (χ0n) is 4.15. The Kier molecular flexibility index (Phi) is 6.35. The normalized spacial score (nSPS) is 6.50. The molecular weight excluding hydrogens is 189 g/mol. The number of hydrogen-bond acceptors (Lipinski definition) is 1. The van der Waals surface area contributed by atoms with Crippen LogP contribution in [0.5, 0.6) is 0 Å². The molecule has 1 aromatic carbocycles. The van der Waals surface area contributed by atoms with Crippen molar-refractivity contribution >= 4 is 0 Å². The van der Waals surface area contributed by atoms with Gasteiger partial charge >= 0.3 is 21.8 Å². The molecule has 2 heteroatoms. The first-order valence-electron chi connectivity index (χ1n) is 2.06. The maximum absolute atomic E-state index is 8.18. The van der Waals surface area contributed by atoms with Gasteiger partial charge < -0.3 is 0 Å². The third kappa shape index (κ3) is 3.82. The zero-order valence-corrected chi connectivity index (χ0v) is 5.89. The van der Waals surface area contributed by atoms with Crippen LogP contribution < -0.4 is 0 Å². The molecule has 0 atom stereocenters. The third-order valence-electron chi connectivity index (χ3n) is 0.607. The quantitative estimate of drug-likeness (QED) is 0.450. The molecule has 0 aliphatic heterocycles. The van der Waals surface area contributed by atoms with E-state index in [1.54, 1.807) is 0 Å². The van der Waals surface area contributed by atoms with E-state index in [2.05, 4.69) is 6.07 Å². The summed E-state index contributed by atoms with van der Waals surface area (Å²) in [6.45, 7) is 0. The van der Waals surface area contributed by atoms with Crippen LogP contribution in [0.15, 0.2) is 30.3 Å². The van der Waals surface area contributed by atoms with Gasteiger partial charge in [-0.05, 0) is 0 Å². The molecule has 8 heavy (non-hydrogen) atoms. The van der Waals surface area contributed by atoms with Gasteiger partial charge in [0.25, 0.3) is 0 Å². The van der Waals surface area contributed by atoms with Crippen LogP contribution in [0.25, 0.3) is 0 Å². The topological polar surface area (TPSA) is 17.1 Å². The summed E-state index contributed by atoms with van der Waals surface area (Å²) in [4.78, 5) is 0. The van der Waals surface area contributed by atoms with Crippen LogP contribution in [0.3, 0.4) is 0 Å². The van der Waals surface area contributed by atoms with Crippen LogP contribution in [-0.2, 0) is 21.8 Å². The third-order valence-corrected chi connectivity index (χ3v) is 0.607. The van der Waals surface area contributed by atoms with E-state index in [1.807, 2.05) is 30.3 Å². The predicted octanol–water partition coefficient (Wildman–Crippen LogP) is 1.37. The van der Waals surface area contributed by atoms with Crippen LogP contribution in [0.4, 0.5) is 0 Å². The molecule has 1 rings (SSSR count). The van der Waals surface area contributed by atoms with Crippen molar-refractivity contribution in [2.75, 3.05) is 0 Å². The van der Waals surface area contributed by atoms with Gasteiger partial charge in [0.15, 0.2) is 0 Å². The summed E-state index contributed by atoms with van der Waals surface area (Å²) in [6.07, 6.45) is 0. The fourth-order valence-electron chi connectivity index (χ4n) is 0.342. The van der Waals surface area contributed by atoms with Crippen molar-refractivity contribution in [3.05, 3.63) is 36.4 Å². The first-order chi connectivity index (χ1) is 4.00. The van der Waals surface area contributed by atoms with Crippen molar-refractivity contribution in [1.82, 2.24) is 0 Å². The van der Waals surface area contributed by atoms with E-state index in [1.165, 1.54) is 0 Å². The molecule has 0 unspecified atom stereocenters. The molecule has 0 heterocycles. The van der Waals surface area contributed by atoms with Crippen LogP contribution in [-0.4, -0.2) is 0 Å². The predicted molar refractivity (Wildman–Crippen MR) is 26.0 cm³/mol. The Bertz CT molecular complexity index is 91.4. The molecule has 43 valence electrons. The van der Waals surface area contributed by atoms with Gasteiger partial charge in [-0.2, -0.15) is 36.4 Å². The minimum Gasteiger partial charge on any atom is -0.184 e. The van der Waals surface area contributed by atoms with Crippen molar-refractivity contribution < 1.29 is 21.8 Å². The maximum atomic E-state index is 8.18. The molecule has 1 aromatic rings. The molecule has 0 bridgehead atoms. The Morgan fingerprint density at radius 2 is 1.50 bits per heavy atom.